The van der Waals surface area contributed by atoms with Crippen LogP contribution in [0.25, 0.3) is 0 Å². The van der Waals surface area contributed by atoms with Crippen LogP contribution < -0.4 is 5.11 Å². The second-order valence-corrected chi connectivity index (χ2v) is 5.67. The average Bonchev–Trinajstić information content (AvgIpc) is 2.48. The van der Waals surface area contributed by atoms with Gasteiger partial charge in [0.2, 0.25) is 0 Å². The zero-order chi connectivity index (χ0) is 11.4. The van der Waals surface area contributed by atoms with Crippen LogP contribution in [0.15, 0.2) is 6.07 Å². The van der Waals surface area contributed by atoms with Crippen molar-refractivity contribution in [3.05, 3.63) is 21.4 Å². The highest BCUT2D eigenvalue weighted by Crippen LogP contribution is 2.29. The third kappa shape index (κ3) is 3.08. The summed E-state index contributed by atoms with van der Waals surface area (Å²) in [7, 11) is 0. The number of hydrogen-bond acceptors (Lipinski definition) is 3. The van der Waals surface area contributed by atoms with Gasteiger partial charge in [-0.3, -0.25) is 0 Å². The summed E-state index contributed by atoms with van der Waals surface area (Å²) in [6, 6.07) is 2.29. The highest BCUT2D eigenvalue weighted by Gasteiger charge is 2.11. The Kier molecular flexibility index (Phi) is 3.99. The number of carboxylic acid groups (broad SMARTS) is 1. The highest BCUT2D eigenvalue weighted by atomic mass is 32.1. The van der Waals surface area contributed by atoms with Gasteiger partial charge in [-0.2, -0.15) is 0 Å². The third-order valence-electron chi connectivity index (χ3n) is 3.10. The van der Waals surface area contributed by atoms with E-state index in [9.17, 15) is 9.90 Å². The van der Waals surface area contributed by atoms with Crippen LogP contribution in [0, 0.1) is 0 Å². The molecule has 88 valence electrons. The number of aliphatic carboxylic acids is 1. The quantitative estimate of drug-likeness (QED) is 0.752. The molecule has 3 heteroatoms. The summed E-state index contributed by atoms with van der Waals surface area (Å²) in [5.41, 5.74) is 1.52. The Morgan fingerprint density at radius 3 is 2.94 bits per heavy atom. The first kappa shape index (κ1) is 11.6. The van der Waals surface area contributed by atoms with Crippen molar-refractivity contribution >= 4 is 17.3 Å². The first-order chi connectivity index (χ1) is 7.75. The summed E-state index contributed by atoms with van der Waals surface area (Å²) in [6.45, 7) is 0. The summed E-state index contributed by atoms with van der Waals surface area (Å²) in [6.07, 6.45) is 8.19. The Morgan fingerprint density at radius 2 is 2.12 bits per heavy atom. The lowest BCUT2D eigenvalue weighted by atomic mass is 10.1. The number of aryl methyl sites for hydroxylation is 3. The van der Waals surface area contributed by atoms with Crippen molar-refractivity contribution in [2.45, 2.75) is 51.4 Å². The Hall–Kier alpha value is -0.830. The molecule has 0 unspecified atom stereocenters. The van der Waals surface area contributed by atoms with Crippen molar-refractivity contribution in [3.63, 3.8) is 0 Å². The van der Waals surface area contributed by atoms with Crippen molar-refractivity contribution in [2.24, 2.45) is 0 Å². The lowest BCUT2D eigenvalue weighted by Gasteiger charge is -1.99. The van der Waals surface area contributed by atoms with E-state index in [1.807, 2.05) is 11.3 Å². The van der Waals surface area contributed by atoms with Crippen LogP contribution in [0.2, 0.25) is 0 Å². The van der Waals surface area contributed by atoms with Crippen LogP contribution in [0.5, 0.6) is 0 Å². The van der Waals surface area contributed by atoms with Crippen molar-refractivity contribution in [2.75, 3.05) is 0 Å². The predicted molar refractivity (Wildman–Crippen MR) is 63.5 cm³/mol. The number of hydrogen-bond donors (Lipinski definition) is 0. The molecule has 2 nitrogen and oxygen atoms in total. The fraction of sp³-hybridized carbons (Fsp3) is 0.615. The second kappa shape index (κ2) is 5.48. The first-order valence-electron chi connectivity index (χ1n) is 6.06. The minimum Gasteiger partial charge on any atom is -0.550 e. The van der Waals surface area contributed by atoms with E-state index in [4.69, 9.17) is 0 Å². The van der Waals surface area contributed by atoms with Gasteiger partial charge in [0.25, 0.3) is 0 Å². The normalized spacial score (nSPS) is 15.5. The van der Waals surface area contributed by atoms with E-state index in [0.29, 0.717) is 6.42 Å². The van der Waals surface area contributed by atoms with E-state index >= 15 is 0 Å². The molecule has 0 fully saturated rings. The molecule has 16 heavy (non-hydrogen) atoms. The number of fused-ring (bicyclic) bond motifs is 1. The van der Waals surface area contributed by atoms with E-state index in [1.54, 1.807) is 4.88 Å². The zero-order valence-corrected chi connectivity index (χ0v) is 10.3. The molecule has 2 rings (SSSR count). The van der Waals surface area contributed by atoms with Gasteiger partial charge in [0.1, 0.15) is 0 Å². The molecule has 0 saturated heterocycles. The molecule has 1 aromatic heterocycles. The Balaban J connectivity index is 1.93. The third-order valence-corrected chi connectivity index (χ3v) is 4.40. The monoisotopic (exact) mass is 237 g/mol. The van der Waals surface area contributed by atoms with Gasteiger partial charge in [-0.15, -0.1) is 11.3 Å². The number of carbonyl (C=O) groups is 1. The zero-order valence-electron chi connectivity index (χ0n) is 9.46. The van der Waals surface area contributed by atoms with Crippen LogP contribution in [-0.4, -0.2) is 5.97 Å². The fourth-order valence-corrected chi connectivity index (χ4v) is 3.56. The van der Waals surface area contributed by atoms with Gasteiger partial charge >= 0.3 is 0 Å². The largest absolute Gasteiger partial charge is 0.550 e. The molecular formula is C13H17O2S-. The molecule has 0 bridgehead atoms. The first-order valence-corrected chi connectivity index (χ1v) is 6.87. The van der Waals surface area contributed by atoms with Crippen LogP contribution in [0.3, 0.4) is 0 Å². The standard InChI is InChI=1S/C13H18O2S/c14-13(15)8-4-6-11-9-10-5-2-1-3-7-12(10)16-11/h9H,1-8H2,(H,14,15)/p-1. The minimum absolute atomic E-state index is 0.183. The summed E-state index contributed by atoms with van der Waals surface area (Å²) >= 11 is 1.89. The van der Waals surface area contributed by atoms with Gasteiger partial charge in [-0.1, -0.05) is 6.42 Å². The molecule has 0 spiro atoms. The number of thiophene rings is 1. The molecule has 1 heterocycles. The Labute approximate surface area is 100 Å². The second-order valence-electron chi connectivity index (χ2n) is 4.45. The van der Waals surface area contributed by atoms with Crippen molar-refractivity contribution < 1.29 is 9.90 Å². The Bertz CT molecular complexity index is 345. The van der Waals surface area contributed by atoms with Crippen molar-refractivity contribution in [3.8, 4) is 0 Å². The van der Waals surface area contributed by atoms with Crippen LogP contribution >= 0.6 is 11.3 Å². The van der Waals surface area contributed by atoms with Gasteiger partial charge in [0.15, 0.2) is 0 Å². The number of rotatable bonds is 4. The maximum Gasteiger partial charge on any atom is 0.0414 e. The SMILES string of the molecule is O=C([O-])CCCc1cc2c(s1)CCCCC2. The fourth-order valence-electron chi connectivity index (χ4n) is 2.26. The lowest BCUT2D eigenvalue weighted by Crippen LogP contribution is -2.21. The summed E-state index contributed by atoms with van der Waals surface area (Å²) in [5, 5.41) is 10.3. The van der Waals surface area contributed by atoms with E-state index in [2.05, 4.69) is 6.07 Å². The summed E-state index contributed by atoms with van der Waals surface area (Å²) in [4.78, 5) is 13.2. The van der Waals surface area contributed by atoms with E-state index in [1.165, 1.54) is 42.5 Å². The highest BCUT2D eigenvalue weighted by molar-refractivity contribution is 7.12. The molecule has 0 aliphatic heterocycles. The van der Waals surface area contributed by atoms with Crippen molar-refractivity contribution in [1.82, 2.24) is 0 Å². The van der Waals surface area contributed by atoms with Crippen LogP contribution in [0.1, 0.15) is 47.4 Å². The molecule has 0 amide bonds. The average molecular weight is 237 g/mol. The van der Waals surface area contributed by atoms with Gasteiger partial charge in [0, 0.05) is 15.7 Å². The molecule has 0 atom stereocenters. The van der Waals surface area contributed by atoms with E-state index in [-0.39, 0.29) is 6.42 Å². The summed E-state index contributed by atoms with van der Waals surface area (Å²) in [5.74, 6) is -0.932. The smallest absolute Gasteiger partial charge is 0.0414 e. The summed E-state index contributed by atoms with van der Waals surface area (Å²) < 4.78 is 0. The van der Waals surface area contributed by atoms with E-state index in [0.717, 1.165) is 6.42 Å². The van der Waals surface area contributed by atoms with Crippen molar-refractivity contribution in [1.29, 1.82) is 0 Å². The molecule has 0 saturated carbocycles. The molecule has 1 aromatic rings. The molecule has 0 aromatic carbocycles. The molecule has 0 N–H and O–H groups in total. The molecule has 0 radical (unpaired) electrons. The number of carboxylic acids is 1. The maximum atomic E-state index is 10.3. The topological polar surface area (TPSA) is 40.1 Å². The predicted octanol–water partition coefficient (Wildman–Crippen LogP) is 2.09. The maximum absolute atomic E-state index is 10.3. The van der Waals surface area contributed by atoms with Crippen LogP contribution in [-0.2, 0) is 24.1 Å². The van der Waals surface area contributed by atoms with Gasteiger partial charge in [0.05, 0.1) is 0 Å². The van der Waals surface area contributed by atoms with Gasteiger partial charge in [-0.25, -0.2) is 0 Å². The molecular weight excluding hydrogens is 220 g/mol. The lowest BCUT2D eigenvalue weighted by molar-refractivity contribution is -0.305. The number of carbonyl (C=O) groups excluding carboxylic acids is 1. The molecule has 1 aliphatic rings. The molecule has 1 aliphatic carbocycles. The van der Waals surface area contributed by atoms with Crippen LogP contribution in [0.4, 0.5) is 0 Å². The van der Waals surface area contributed by atoms with Gasteiger partial charge < -0.3 is 9.90 Å². The Morgan fingerprint density at radius 1 is 1.31 bits per heavy atom. The minimum atomic E-state index is -0.932. The van der Waals surface area contributed by atoms with E-state index < -0.39 is 5.97 Å². The van der Waals surface area contributed by atoms with Gasteiger partial charge in [-0.05, 0) is 56.6 Å².